The normalized spacial score (nSPS) is 33.7. The smallest absolute Gasteiger partial charge is 0.317 e. The number of piperazine rings is 1. The predicted octanol–water partition coefficient (Wildman–Crippen LogP) is 1.57. The minimum atomic E-state index is -2.50. The Labute approximate surface area is 111 Å². The lowest BCUT2D eigenvalue weighted by Crippen LogP contribution is -2.61. The van der Waals surface area contributed by atoms with Crippen molar-refractivity contribution in [2.75, 3.05) is 19.6 Å². The number of urea groups is 1. The number of fused-ring (bicyclic) bond motifs is 2. The van der Waals surface area contributed by atoms with Crippen LogP contribution in [0.5, 0.6) is 0 Å². The number of amides is 2. The fourth-order valence-corrected chi connectivity index (χ4v) is 3.44. The summed E-state index contributed by atoms with van der Waals surface area (Å²) in [6, 6.07) is 0.728. The van der Waals surface area contributed by atoms with E-state index in [0.29, 0.717) is 18.6 Å². The fraction of sp³-hybridized carbons (Fsp3) is 0.923. The van der Waals surface area contributed by atoms with Gasteiger partial charge in [0, 0.05) is 44.6 Å². The Hall–Kier alpha value is -0.910. The standard InChI is InChI=1S/C13H21F2N3O/c14-13(15)4-9(5-13)6-16-12(19)18-7-10-2-1-3-11(8-18)17-10/h9-11,17H,1-8H2,(H,16,19). The third-order valence-electron chi connectivity index (χ3n) is 4.46. The molecule has 3 aliphatic rings. The second-order valence-corrected chi connectivity index (χ2v) is 6.21. The Balaban J connectivity index is 1.43. The molecule has 0 spiro atoms. The number of alkyl halides is 2. The summed E-state index contributed by atoms with van der Waals surface area (Å²) in [5, 5.41) is 6.32. The van der Waals surface area contributed by atoms with Crippen LogP contribution in [-0.4, -0.2) is 48.6 Å². The molecule has 2 amide bonds. The first-order valence-corrected chi connectivity index (χ1v) is 7.18. The summed E-state index contributed by atoms with van der Waals surface area (Å²) < 4.78 is 25.4. The second kappa shape index (κ2) is 4.89. The lowest BCUT2D eigenvalue weighted by molar-refractivity contribution is -0.108. The van der Waals surface area contributed by atoms with Gasteiger partial charge in [0.05, 0.1) is 0 Å². The van der Waals surface area contributed by atoms with Crippen LogP contribution in [0.1, 0.15) is 32.1 Å². The van der Waals surface area contributed by atoms with Crippen LogP contribution in [0, 0.1) is 5.92 Å². The molecule has 1 saturated carbocycles. The van der Waals surface area contributed by atoms with Crippen molar-refractivity contribution in [3.8, 4) is 0 Å². The van der Waals surface area contributed by atoms with Crippen LogP contribution >= 0.6 is 0 Å². The number of carbonyl (C=O) groups is 1. The van der Waals surface area contributed by atoms with Crippen LogP contribution in [0.3, 0.4) is 0 Å². The van der Waals surface area contributed by atoms with E-state index in [2.05, 4.69) is 10.6 Å². The second-order valence-electron chi connectivity index (χ2n) is 6.21. The van der Waals surface area contributed by atoms with Crippen LogP contribution in [0.2, 0.25) is 0 Å². The Bertz CT molecular complexity index is 344. The van der Waals surface area contributed by atoms with E-state index >= 15 is 0 Å². The Morgan fingerprint density at radius 1 is 1.26 bits per heavy atom. The van der Waals surface area contributed by atoms with Crippen LogP contribution in [0.25, 0.3) is 0 Å². The monoisotopic (exact) mass is 273 g/mol. The van der Waals surface area contributed by atoms with Gasteiger partial charge in [-0.25, -0.2) is 13.6 Å². The molecule has 0 aromatic rings. The van der Waals surface area contributed by atoms with Crippen molar-refractivity contribution in [2.24, 2.45) is 5.92 Å². The van der Waals surface area contributed by atoms with Crippen molar-refractivity contribution in [3.05, 3.63) is 0 Å². The molecule has 2 aliphatic heterocycles. The molecule has 2 bridgehead atoms. The molecule has 3 fully saturated rings. The van der Waals surface area contributed by atoms with Gasteiger partial charge in [0.1, 0.15) is 0 Å². The van der Waals surface area contributed by atoms with Crippen LogP contribution < -0.4 is 10.6 Å². The highest BCUT2D eigenvalue weighted by Crippen LogP contribution is 2.41. The van der Waals surface area contributed by atoms with Crippen LogP contribution in [0.4, 0.5) is 13.6 Å². The summed E-state index contributed by atoms with van der Waals surface area (Å²) in [4.78, 5) is 13.9. The van der Waals surface area contributed by atoms with E-state index in [1.807, 2.05) is 4.90 Å². The van der Waals surface area contributed by atoms with Crippen molar-refractivity contribution in [1.29, 1.82) is 0 Å². The quantitative estimate of drug-likeness (QED) is 0.802. The zero-order valence-corrected chi connectivity index (χ0v) is 11.0. The molecule has 2 unspecified atom stereocenters. The molecule has 0 aromatic carbocycles. The Kier molecular flexibility index (Phi) is 3.37. The summed E-state index contributed by atoms with van der Waals surface area (Å²) >= 11 is 0. The molecule has 1 aliphatic carbocycles. The van der Waals surface area contributed by atoms with Gasteiger partial charge >= 0.3 is 6.03 Å². The van der Waals surface area contributed by atoms with Gasteiger partial charge in [0.2, 0.25) is 5.92 Å². The minimum absolute atomic E-state index is 0.0543. The zero-order valence-electron chi connectivity index (χ0n) is 11.0. The maximum atomic E-state index is 12.7. The molecule has 2 N–H and O–H groups in total. The fourth-order valence-electron chi connectivity index (χ4n) is 3.44. The lowest BCUT2D eigenvalue weighted by Gasteiger charge is -2.42. The number of nitrogens with one attached hydrogen (secondary N) is 2. The molecule has 0 aromatic heterocycles. The molecule has 0 radical (unpaired) electrons. The molecule has 6 heteroatoms. The first kappa shape index (κ1) is 13.1. The number of nitrogens with zero attached hydrogens (tertiary/aromatic N) is 1. The molecule has 2 saturated heterocycles. The molecule has 19 heavy (non-hydrogen) atoms. The molecule has 3 rings (SSSR count). The molecule has 2 atom stereocenters. The zero-order chi connectivity index (χ0) is 13.5. The topological polar surface area (TPSA) is 44.4 Å². The van der Waals surface area contributed by atoms with Crippen molar-refractivity contribution < 1.29 is 13.6 Å². The number of likely N-dealkylation sites (tertiary alicyclic amines) is 1. The van der Waals surface area contributed by atoms with Crippen molar-refractivity contribution in [3.63, 3.8) is 0 Å². The summed E-state index contributed by atoms with van der Waals surface area (Å²) in [5.41, 5.74) is 0. The molecule has 4 nitrogen and oxygen atoms in total. The first-order chi connectivity index (χ1) is 9.02. The minimum Gasteiger partial charge on any atom is -0.338 e. The maximum Gasteiger partial charge on any atom is 0.317 e. The highest BCUT2D eigenvalue weighted by molar-refractivity contribution is 5.74. The average Bonchev–Trinajstić information content (AvgIpc) is 2.32. The van der Waals surface area contributed by atoms with E-state index in [-0.39, 0.29) is 24.8 Å². The van der Waals surface area contributed by atoms with Gasteiger partial charge in [0.15, 0.2) is 0 Å². The third-order valence-corrected chi connectivity index (χ3v) is 4.46. The van der Waals surface area contributed by atoms with Gasteiger partial charge < -0.3 is 15.5 Å². The Morgan fingerprint density at radius 3 is 2.47 bits per heavy atom. The van der Waals surface area contributed by atoms with Crippen LogP contribution in [-0.2, 0) is 0 Å². The van der Waals surface area contributed by atoms with Crippen molar-refractivity contribution in [1.82, 2.24) is 15.5 Å². The van der Waals surface area contributed by atoms with E-state index in [4.69, 9.17) is 0 Å². The summed E-state index contributed by atoms with van der Waals surface area (Å²) in [7, 11) is 0. The average molecular weight is 273 g/mol. The molecular weight excluding hydrogens is 252 g/mol. The van der Waals surface area contributed by atoms with Gasteiger partial charge in [-0.05, 0) is 18.8 Å². The number of hydrogen-bond acceptors (Lipinski definition) is 2. The summed E-state index contributed by atoms with van der Waals surface area (Å²) in [6.07, 6.45) is 3.30. The van der Waals surface area contributed by atoms with E-state index in [1.54, 1.807) is 0 Å². The lowest BCUT2D eigenvalue weighted by atomic mass is 9.81. The number of carbonyl (C=O) groups excluding carboxylic acids is 1. The third kappa shape index (κ3) is 2.99. The van der Waals surface area contributed by atoms with E-state index in [9.17, 15) is 13.6 Å². The van der Waals surface area contributed by atoms with E-state index in [1.165, 1.54) is 6.42 Å². The van der Waals surface area contributed by atoms with Crippen molar-refractivity contribution >= 4 is 6.03 Å². The largest absolute Gasteiger partial charge is 0.338 e. The maximum absolute atomic E-state index is 12.7. The van der Waals surface area contributed by atoms with E-state index < -0.39 is 5.92 Å². The van der Waals surface area contributed by atoms with Crippen LogP contribution in [0.15, 0.2) is 0 Å². The van der Waals surface area contributed by atoms with Gasteiger partial charge in [-0.3, -0.25) is 0 Å². The SMILES string of the molecule is O=C(NCC1CC(F)(F)C1)N1CC2CCCC(C1)N2. The molecule has 108 valence electrons. The first-order valence-electron chi connectivity index (χ1n) is 7.18. The Morgan fingerprint density at radius 2 is 1.89 bits per heavy atom. The highest BCUT2D eigenvalue weighted by atomic mass is 19.3. The van der Waals surface area contributed by atoms with Gasteiger partial charge in [0.25, 0.3) is 0 Å². The number of piperidine rings is 1. The summed E-state index contributed by atoms with van der Waals surface area (Å²) in [5.74, 6) is -2.55. The number of halogens is 2. The van der Waals surface area contributed by atoms with E-state index in [0.717, 1.165) is 25.9 Å². The summed E-state index contributed by atoms with van der Waals surface area (Å²) in [6.45, 7) is 1.86. The highest BCUT2D eigenvalue weighted by Gasteiger charge is 2.45. The van der Waals surface area contributed by atoms with Gasteiger partial charge in [-0.2, -0.15) is 0 Å². The van der Waals surface area contributed by atoms with Gasteiger partial charge in [-0.1, -0.05) is 6.42 Å². The predicted molar refractivity (Wildman–Crippen MR) is 67.2 cm³/mol. The van der Waals surface area contributed by atoms with Gasteiger partial charge in [-0.15, -0.1) is 0 Å². The number of hydrogen-bond donors (Lipinski definition) is 2. The molecule has 2 heterocycles. The number of rotatable bonds is 2. The van der Waals surface area contributed by atoms with Crippen molar-refractivity contribution in [2.45, 2.75) is 50.1 Å². The molecular formula is C13H21F2N3O.